The number of nitrogens with zero attached hydrogens (tertiary/aromatic N) is 2. The van der Waals surface area contributed by atoms with E-state index < -0.39 is 0 Å². The van der Waals surface area contributed by atoms with Crippen LogP contribution in [0, 0.1) is 0 Å². The predicted molar refractivity (Wildman–Crippen MR) is 75.0 cm³/mol. The second kappa shape index (κ2) is 5.02. The van der Waals surface area contributed by atoms with Gasteiger partial charge in [0.2, 0.25) is 0 Å². The average Bonchev–Trinajstić information content (AvgIpc) is 2.40. The lowest BCUT2D eigenvalue weighted by molar-refractivity contribution is -0.122. The van der Waals surface area contributed by atoms with Gasteiger partial charge < -0.3 is 14.5 Å². The van der Waals surface area contributed by atoms with Gasteiger partial charge in [0, 0.05) is 11.1 Å². The smallest absolute Gasteiger partial charge is 0.265 e. The van der Waals surface area contributed by atoms with Crippen molar-refractivity contribution in [3.8, 4) is 5.75 Å². The topological polar surface area (TPSA) is 32.8 Å². The Labute approximate surface area is 117 Å². The van der Waals surface area contributed by atoms with Crippen LogP contribution in [0.5, 0.6) is 5.75 Å². The molecule has 2 aliphatic heterocycles. The van der Waals surface area contributed by atoms with Gasteiger partial charge >= 0.3 is 0 Å². The van der Waals surface area contributed by atoms with E-state index in [0.29, 0.717) is 5.02 Å². The summed E-state index contributed by atoms with van der Waals surface area (Å²) in [6.45, 7) is 2.16. The van der Waals surface area contributed by atoms with Crippen molar-refractivity contribution in [3.63, 3.8) is 0 Å². The third-order valence-electron chi connectivity index (χ3n) is 3.85. The van der Waals surface area contributed by atoms with E-state index in [2.05, 4.69) is 11.9 Å². The highest BCUT2D eigenvalue weighted by Gasteiger charge is 2.33. The number of rotatable bonds is 1. The van der Waals surface area contributed by atoms with E-state index in [-0.39, 0.29) is 18.6 Å². The summed E-state index contributed by atoms with van der Waals surface area (Å²) in [5, 5.41) is 0.634. The number of carbonyl (C=O) groups excluding carboxylic acids is 1. The van der Waals surface area contributed by atoms with Gasteiger partial charge in [0.15, 0.2) is 6.61 Å². The molecule has 2 heterocycles. The zero-order valence-electron chi connectivity index (χ0n) is 10.9. The molecule has 4 nitrogen and oxygen atoms in total. The summed E-state index contributed by atoms with van der Waals surface area (Å²) in [5.74, 6) is 0.784. The normalized spacial score (nSPS) is 21.2. The minimum absolute atomic E-state index is 0.0318. The van der Waals surface area contributed by atoms with Crippen LogP contribution in [0.15, 0.2) is 18.2 Å². The number of hydrogen-bond donors (Lipinski definition) is 0. The number of piperidine rings is 1. The van der Waals surface area contributed by atoms with E-state index in [4.69, 9.17) is 16.3 Å². The highest BCUT2D eigenvalue weighted by molar-refractivity contribution is 6.31. The van der Waals surface area contributed by atoms with Crippen LogP contribution in [-0.2, 0) is 4.79 Å². The first-order chi connectivity index (χ1) is 9.15. The number of likely N-dealkylation sites (tertiary alicyclic amines) is 1. The number of ether oxygens (including phenoxy) is 1. The molecule has 1 saturated heterocycles. The number of amides is 1. The number of fused-ring (bicyclic) bond motifs is 1. The Balaban J connectivity index is 1.92. The molecule has 19 heavy (non-hydrogen) atoms. The summed E-state index contributed by atoms with van der Waals surface area (Å²) in [5.41, 5.74) is 0.818. The van der Waals surface area contributed by atoms with Gasteiger partial charge in [-0.1, -0.05) is 11.6 Å². The molecule has 0 atom stereocenters. The standard InChI is InChI=1S/C14H17ClN2O2/c1-16-6-4-11(5-7-16)17-12-8-10(15)2-3-13(12)19-9-14(17)18/h2-3,8,11H,4-7,9H2,1H3. The van der Waals surface area contributed by atoms with Crippen LogP contribution in [0.4, 0.5) is 5.69 Å². The summed E-state index contributed by atoms with van der Waals surface area (Å²) in [6.07, 6.45) is 1.99. The first-order valence-electron chi connectivity index (χ1n) is 6.58. The van der Waals surface area contributed by atoms with Gasteiger partial charge in [-0.2, -0.15) is 0 Å². The molecule has 3 rings (SSSR count). The molecule has 0 aliphatic carbocycles. The first kappa shape index (κ1) is 12.8. The highest BCUT2D eigenvalue weighted by atomic mass is 35.5. The molecule has 1 aromatic rings. The Morgan fingerprint density at radius 3 is 2.79 bits per heavy atom. The summed E-state index contributed by atoms with van der Waals surface area (Å²) in [4.78, 5) is 16.4. The van der Waals surface area contributed by atoms with Crippen molar-refractivity contribution in [2.24, 2.45) is 0 Å². The van der Waals surface area contributed by atoms with Crippen LogP contribution in [-0.4, -0.2) is 43.6 Å². The molecule has 0 aromatic heterocycles. The second-order valence-electron chi connectivity index (χ2n) is 5.20. The van der Waals surface area contributed by atoms with Crippen LogP contribution >= 0.6 is 11.6 Å². The molecular weight excluding hydrogens is 264 g/mol. The SMILES string of the molecule is CN1CCC(N2C(=O)COc3ccc(Cl)cc32)CC1. The fourth-order valence-electron chi connectivity index (χ4n) is 2.80. The first-order valence-corrected chi connectivity index (χ1v) is 6.96. The van der Waals surface area contributed by atoms with Gasteiger partial charge in [-0.05, 0) is 51.2 Å². The third kappa shape index (κ3) is 2.42. The molecule has 1 fully saturated rings. The molecule has 0 N–H and O–H groups in total. The lowest BCUT2D eigenvalue weighted by Gasteiger charge is -2.39. The molecule has 0 radical (unpaired) electrons. The third-order valence-corrected chi connectivity index (χ3v) is 4.09. The zero-order valence-corrected chi connectivity index (χ0v) is 11.7. The zero-order chi connectivity index (χ0) is 13.4. The van der Waals surface area contributed by atoms with E-state index in [9.17, 15) is 4.79 Å². The van der Waals surface area contributed by atoms with Crippen molar-refractivity contribution in [2.75, 3.05) is 31.6 Å². The van der Waals surface area contributed by atoms with Crippen molar-refractivity contribution in [2.45, 2.75) is 18.9 Å². The predicted octanol–water partition coefficient (Wildman–Crippen LogP) is 2.16. The van der Waals surface area contributed by atoms with Crippen molar-refractivity contribution in [1.82, 2.24) is 4.90 Å². The van der Waals surface area contributed by atoms with Crippen LogP contribution < -0.4 is 9.64 Å². The molecular formula is C14H17ClN2O2. The van der Waals surface area contributed by atoms with Crippen molar-refractivity contribution in [1.29, 1.82) is 0 Å². The number of benzene rings is 1. The minimum Gasteiger partial charge on any atom is -0.482 e. The fraction of sp³-hybridized carbons (Fsp3) is 0.500. The van der Waals surface area contributed by atoms with Crippen LogP contribution in [0.1, 0.15) is 12.8 Å². The van der Waals surface area contributed by atoms with Gasteiger partial charge in [0.25, 0.3) is 5.91 Å². The fourth-order valence-corrected chi connectivity index (χ4v) is 2.96. The summed E-state index contributed by atoms with van der Waals surface area (Å²) >= 11 is 6.05. The summed E-state index contributed by atoms with van der Waals surface area (Å²) < 4.78 is 5.47. The number of anilines is 1. The highest BCUT2D eigenvalue weighted by Crippen LogP contribution is 2.37. The van der Waals surface area contributed by atoms with Crippen LogP contribution in [0.25, 0.3) is 0 Å². The van der Waals surface area contributed by atoms with Crippen LogP contribution in [0.3, 0.4) is 0 Å². The maximum atomic E-state index is 12.2. The van der Waals surface area contributed by atoms with Crippen molar-refractivity contribution >= 4 is 23.2 Å². The maximum Gasteiger partial charge on any atom is 0.265 e. The van der Waals surface area contributed by atoms with Gasteiger partial charge in [0.1, 0.15) is 5.75 Å². The number of hydrogen-bond acceptors (Lipinski definition) is 3. The lowest BCUT2D eigenvalue weighted by Crippen LogP contribution is -2.50. The lowest BCUT2D eigenvalue weighted by atomic mass is 10.0. The van der Waals surface area contributed by atoms with Crippen LogP contribution in [0.2, 0.25) is 5.02 Å². The molecule has 1 aromatic carbocycles. The largest absolute Gasteiger partial charge is 0.482 e. The van der Waals surface area contributed by atoms with Gasteiger partial charge in [-0.3, -0.25) is 4.79 Å². The Bertz CT molecular complexity index is 498. The molecule has 102 valence electrons. The van der Waals surface area contributed by atoms with E-state index in [1.54, 1.807) is 6.07 Å². The minimum atomic E-state index is 0.0318. The molecule has 2 aliphatic rings. The van der Waals surface area contributed by atoms with E-state index >= 15 is 0 Å². The Morgan fingerprint density at radius 2 is 2.05 bits per heavy atom. The maximum absolute atomic E-state index is 12.2. The molecule has 0 saturated carbocycles. The summed E-state index contributed by atoms with van der Waals surface area (Å²) in [7, 11) is 2.11. The van der Waals surface area contributed by atoms with Gasteiger partial charge in [-0.25, -0.2) is 0 Å². The molecule has 0 unspecified atom stereocenters. The number of carbonyl (C=O) groups is 1. The summed E-state index contributed by atoms with van der Waals surface area (Å²) in [6, 6.07) is 5.71. The van der Waals surface area contributed by atoms with Gasteiger partial charge in [0.05, 0.1) is 5.69 Å². The second-order valence-corrected chi connectivity index (χ2v) is 5.64. The average molecular weight is 281 g/mol. The van der Waals surface area contributed by atoms with E-state index in [1.165, 1.54) is 0 Å². The van der Waals surface area contributed by atoms with E-state index in [1.807, 2.05) is 17.0 Å². The molecule has 1 amide bonds. The Kier molecular flexibility index (Phi) is 3.37. The Hall–Kier alpha value is -1.26. The monoisotopic (exact) mass is 280 g/mol. The van der Waals surface area contributed by atoms with Crippen molar-refractivity contribution in [3.05, 3.63) is 23.2 Å². The van der Waals surface area contributed by atoms with Gasteiger partial charge in [-0.15, -0.1) is 0 Å². The molecule has 0 spiro atoms. The molecule has 0 bridgehead atoms. The van der Waals surface area contributed by atoms with E-state index in [0.717, 1.165) is 37.4 Å². The Morgan fingerprint density at radius 1 is 1.32 bits per heavy atom. The quantitative estimate of drug-likeness (QED) is 0.790. The molecule has 5 heteroatoms. The van der Waals surface area contributed by atoms with Crippen molar-refractivity contribution < 1.29 is 9.53 Å². The number of halogens is 1.